The summed E-state index contributed by atoms with van der Waals surface area (Å²) >= 11 is 9.42. The van der Waals surface area contributed by atoms with E-state index in [9.17, 15) is 9.00 Å². The highest BCUT2D eigenvalue weighted by molar-refractivity contribution is 9.10. The Morgan fingerprint density at radius 1 is 1.24 bits per heavy atom. The number of primary amides is 1. The molecule has 0 spiro atoms. The molecule has 4 N–H and O–H groups in total. The van der Waals surface area contributed by atoms with Crippen LogP contribution in [0, 0.1) is 0 Å². The fourth-order valence-corrected chi connectivity index (χ4v) is 3.86. The van der Waals surface area contributed by atoms with Crippen molar-refractivity contribution >= 4 is 49.9 Å². The van der Waals surface area contributed by atoms with Crippen LogP contribution in [-0.4, -0.2) is 10.1 Å². The maximum Gasteiger partial charge on any atom is 0.248 e. The Hall–Kier alpha value is -1.37. The van der Waals surface area contributed by atoms with Crippen LogP contribution >= 0.6 is 27.5 Å². The molecule has 110 valence electrons. The molecule has 0 radical (unpaired) electrons. The number of hydrogen-bond acceptors (Lipinski definition) is 3. The third-order valence-electron chi connectivity index (χ3n) is 2.85. The smallest absolute Gasteiger partial charge is 0.248 e. The molecule has 1 unspecified atom stereocenters. The van der Waals surface area contributed by atoms with E-state index in [2.05, 4.69) is 15.9 Å². The molecule has 0 aliphatic rings. The quantitative estimate of drug-likeness (QED) is 0.790. The van der Waals surface area contributed by atoms with Crippen LogP contribution in [0.2, 0.25) is 5.02 Å². The van der Waals surface area contributed by atoms with Crippen molar-refractivity contribution in [3.63, 3.8) is 0 Å². The number of rotatable bonds is 4. The van der Waals surface area contributed by atoms with Crippen LogP contribution in [0.4, 0.5) is 5.69 Å². The van der Waals surface area contributed by atoms with E-state index in [1.54, 1.807) is 30.3 Å². The lowest BCUT2D eigenvalue weighted by atomic mass is 10.1. The van der Waals surface area contributed by atoms with Gasteiger partial charge >= 0.3 is 0 Å². The zero-order valence-corrected chi connectivity index (χ0v) is 14.0. The highest BCUT2D eigenvalue weighted by atomic mass is 79.9. The molecule has 1 amide bonds. The molecule has 0 saturated carbocycles. The molecule has 0 bridgehead atoms. The van der Waals surface area contributed by atoms with Crippen LogP contribution in [0.3, 0.4) is 0 Å². The second-order valence-corrected chi connectivity index (χ2v) is 7.08. The predicted octanol–water partition coefficient (Wildman–Crippen LogP) is 3.09. The summed E-state index contributed by atoms with van der Waals surface area (Å²) in [5, 5.41) is 0.355. The van der Waals surface area contributed by atoms with Gasteiger partial charge in [-0.15, -0.1) is 0 Å². The summed E-state index contributed by atoms with van der Waals surface area (Å²) < 4.78 is 13.2. The minimum atomic E-state index is -1.34. The molecule has 21 heavy (non-hydrogen) atoms. The van der Waals surface area contributed by atoms with Gasteiger partial charge in [0.2, 0.25) is 5.91 Å². The minimum Gasteiger partial charge on any atom is -0.398 e. The third-order valence-corrected chi connectivity index (χ3v) is 5.11. The monoisotopic (exact) mass is 386 g/mol. The summed E-state index contributed by atoms with van der Waals surface area (Å²) in [6, 6.07) is 9.87. The van der Waals surface area contributed by atoms with E-state index in [0.29, 0.717) is 26.7 Å². The van der Waals surface area contributed by atoms with Crippen molar-refractivity contribution in [1.29, 1.82) is 0 Å². The summed E-state index contributed by atoms with van der Waals surface area (Å²) in [6.45, 7) is 0. The molecule has 2 rings (SSSR count). The van der Waals surface area contributed by atoms with Crippen molar-refractivity contribution in [2.75, 3.05) is 5.73 Å². The highest BCUT2D eigenvalue weighted by Gasteiger charge is 2.13. The number of amides is 1. The Kier molecular flexibility index (Phi) is 5.03. The van der Waals surface area contributed by atoms with Gasteiger partial charge in [0.15, 0.2) is 0 Å². The Morgan fingerprint density at radius 2 is 1.95 bits per heavy atom. The molecule has 0 aliphatic carbocycles. The highest BCUT2D eigenvalue weighted by Crippen LogP contribution is 2.26. The Bertz CT molecular complexity index is 737. The van der Waals surface area contributed by atoms with Crippen LogP contribution in [-0.2, 0) is 16.6 Å². The number of nitrogens with two attached hydrogens (primary N) is 2. The van der Waals surface area contributed by atoms with Gasteiger partial charge in [-0.3, -0.25) is 9.00 Å². The van der Waals surface area contributed by atoms with E-state index in [4.69, 9.17) is 23.1 Å². The zero-order chi connectivity index (χ0) is 15.6. The topological polar surface area (TPSA) is 86.2 Å². The standard InChI is InChI=1S/C14H12BrClN2O2S/c15-10-3-4-12(17)13(6-10)21(20)7-9-2-1-8(14(18)19)5-11(9)16/h1-6H,7,17H2,(H2,18,19). The van der Waals surface area contributed by atoms with Gasteiger partial charge in [0.25, 0.3) is 0 Å². The van der Waals surface area contributed by atoms with Gasteiger partial charge in [-0.05, 0) is 35.9 Å². The molecule has 7 heteroatoms. The molecular weight excluding hydrogens is 376 g/mol. The first-order valence-electron chi connectivity index (χ1n) is 5.90. The number of nitrogen functional groups attached to an aromatic ring is 1. The van der Waals surface area contributed by atoms with Gasteiger partial charge in [0, 0.05) is 20.7 Å². The number of benzene rings is 2. The fourth-order valence-electron chi connectivity index (χ4n) is 1.74. The van der Waals surface area contributed by atoms with E-state index >= 15 is 0 Å². The van der Waals surface area contributed by atoms with Gasteiger partial charge in [-0.1, -0.05) is 33.6 Å². The first-order chi connectivity index (χ1) is 9.88. The number of hydrogen-bond donors (Lipinski definition) is 2. The van der Waals surface area contributed by atoms with Crippen molar-refractivity contribution in [2.45, 2.75) is 10.6 Å². The van der Waals surface area contributed by atoms with Crippen molar-refractivity contribution in [3.05, 3.63) is 57.0 Å². The third kappa shape index (κ3) is 3.84. The second kappa shape index (κ2) is 6.60. The van der Waals surface area contributed by atoms with E-state index in [1.807, 2.05) is 0 Å². The lowest BCUT2D eigenvalue weighted by Gasteiger charge is -2.08. The van der Waals surface area contributed by atoms with Gasteiger partial charge in [-0.25, -0.2) is 0 Å². The number of carbonyl (C=O) groups is 1. The Balaban J connectivity index is 2.27. The van der Waals surface area contributed by atoms with Crippen LogP contribution in [0.5, 0.6) is 0 Å². The summed E-state index contributed by atoms with van der Waals surface area (Å²) in [5.74, 6) is -0.348. The SMILES string of the molecule is NC(=O)c1ccc(CS(=O)c2cc(Br)ccc2N)c(Cl)c1. The normalized spacial score (nSPS) is 12.1. The first-order valence-corrected chi connectivity index (χ1v) is 8.39. The summed E-state index contributed by atoms with van der Waals surface area (Å²) in [7, 11) is -1.34. The average molecular weight is 388 g/mol. The molecule has 0 heterocycles. The molecule has 0 aliphatic heterocycles. The molecular formula is C14H12BrClN2O2S. The molecule has 0 aromatic heterocycles. The molecule has 2 aromatic carbocycles. The fraction of sp³-hybridized carbons (Fsp3) is 0.0714. The van der Waals surface area contributed by atoms with E-state index in [1.165, 1.54) is 6.07 Å². The van der Waals surface area contributed by atoms with Crippen molar-refractivity contribution in [1.82, 2.24) is 0 Å². The van der Waals surface area contributed by atoms with E-state index in [-0.39, 0.29) is 5.75 Å². The Morgan fingerprint density at radius 3 is 2.57 bits per heavy atom. The zero-order valence-electron chi connectivity index (χ0n) is 10.8. The predicted molar refractivity (Wildman–Crippen MR) is 88.6 cm³/mol. The molecule has 4 nitrogen and oxygen atoms in total. The van der Waals surface area contributed by atoms with Gasteiger partial charge in [0.1, 0.15) is 0 Å². The lowest BCUT2D eigenvalue weighted by molar-refractivity contribution is 0.100. The van der Waals surface area contributed by atoms with E-state index < -0.39 is 16.7 Å². The van der Waals surface area contributed by atoms with Crippen LogP contribution in [0.15, 0.2) is 45.8 Å². The number of anilines is 1. The van der Waals surface area contributed by atoms with Gasteiger partial charge in [-0.2, -0.15) is 0 Å². The van der Waals surface area contributed by atoms with Crippen molar-refractivity contribution in [3.8, 4) is 0 Å². The molecule has 1 atom stereocenters. The largest absolute Gasteiger partial charge is 0.398 e. The van der Waals surface area contributed by atoms with Crippen LogP contribution < -0.4 is 11.5 Å². The Labute approximate surface area is 138 Å². The van der Waals surface area contributed by atoms with Gasteiger partial charge in [0.05, 0.1) is 21.4 Å². The second-order valence-electron chi connectivity index (χ2n) is 4.34. The maximum atomic E-state index is 12.4. The van der Waals surface area contributed by atoms with Gasteiger partial charge < -0.3 is 11.5 Å². The number of carbonyl (C=O) groups excluding carboxylic acids is 1. The van der Waals surface area contributed by atoms with Crippen molar-refractivity contribution < 1.29 is 9.00 Å². The van der Waals surface area contributed by atoms with Crippen LogP contribution in [0.1, 0.15) is 15.9 Å². The van der Waals surface area contributed by atoms with Crippen LogP contribution in [0.25, 0.3) is 0 Å². The van der Waals surface area contributed by atoms with Crippen molar-refractivity contribution in [2.24, 2.45) is 5.73 Å². The average Bonchev–Trinajstić information content (AvgIpc) is 2.43. The maximum absolute atomic E-state index is 12.4. The summed E-state index contributed by atoms with van der Waals surface area (Å²) in [4.78, 5) is 11.6. The summed E-state index contributed by atoms with van der Waals surface area (Å²) in [5.41, 5.74) is 12.5. The summed E-state index contributed by atoms with van der Waals surface area (Å²) in [6.07, 6.45) is 0. The minimum absolute atomic E-state index is 0.207. The first kappa shape index (κ1) is 16.0. The molecule has 0 saturated heterocycles. The molecule has 0 fully saturated rings. The number of halogens is 2. The van der Waals surface area contributed by atoms with E-state index in [0.717, 1.165) is 4.47 Å². The lowest BCUT2D eigenvalue weighted by Crippen LogP contribution is -2.11. The molecule has 2 aromatic rings.